The van der Waals surface area contributed by atoms with Crippen LogP contribution in [0.5, 0.6) is 0 Å². The van der Waals surface area contributed by atoms with Crippen LogP contribution in [-0.2, 0) is 0 Å². The minimum absolute atomic E-state index is 0.314. The van der Waals surface area contributed by atoms with Gasteiger partial charge in [0.05, 0.1) is 23.3 Å². The van der Waals surface area contributed by atoms with E-state index < -0.39 is 0 Å². The number of anilines is 1. The number of aromatic nitrogens is 3. The van der Waals surface area contributed by atoms with Crippen molar-refractivity contribution in [1.29, 1.82) is 5.26 Å². The largest absolute Gasteiger partial charge is 0.369 e. The second kappa shape index (κ2) is 5.15. The molecule has 2 aromatic heterocycles. The van der Waals surface area contributed by atoms with Gasteiger partial charge >= 0.3 is 0 Å². The van der Waals surface area contributed by atoms with Crippen molar-refractivity contribution in [1.82, 2.24) is 14.8 Å². The summed E-state index contributed by atoms with van der Waals surface area (Å²) in [5.74, 6) is 0. The quantitative estimate of drug-likeness (QED) is 0.728. The summed E-state index contributed by atoms with van der Waals surface area (Å²) in [5.41, 5.74) is 2.86. The van der Waals surface area contributed by atoms with E-state index in [2.05, 4.69) is 33.2 Å². The Balaban J connectivity index is 1.63. The molecule has 4 rings (SSSR count). The van der Waals surface area contributed by atoms with E-state index in [9.17, 15) is 0 Å². The van der Waals surface area contributed by atoms with Gasteiger partial charge < -0.3 is 4.90 Å². The summed E-state index contributed by atoms with van der Waals surface area (Å²) < 4.78 is 1.92. The second-order valence-electron chi connectivity index (χ2n) is 5.56. The first kappa shape index (κ1) is 12.8. The average molecular weight is 289 g/mol. The molecule has 0 saturated carbocycles. The minimum Gasteiger partial charge on any atom is -0.369 e. The molecule has 5 heteroatoms. The first-order valence-corrected chi connectivity index (χ1v) is 7.38. The number of fused-ring (bicyclic) bond motifs is 1. The Bertz CT molecular complexity index is 855. The topological polar surface area (TPSA) is 57.7 Å². The van der Waals surface area contributed by atoms with Crippen LogP contribution < -0.4 is 4.90 Å². The lowest BCUT2D eigenvalue weighted by atomic mass is 10.2. The third-order valence-electron chi connectivity index (χ3n) is 4.23. The first-order chi connectivity index (χ1) is 10.8. The van der Waals surface area contributed by atoms with Crippen LogP contribution in [0.4, 0.5) is 5.69 Å². The molecular formula is C17H15N5. The van der Waals surface area contributed by atoms with Gasteiger partial charge in [0.2, 0.25) is 0 Å². The average Bonchev–Trinajstić information content (AvgIpc) is 3.23. The Morgan fingerprint density at radius 1 is 1.23 bits per heavy atom. The highest BCUT2D eigenvalue weighted by atomic mass is 15.3. The van der Waals surface area contributed by atoms with Gasteiger partial charge in [0.1, 0.15) is 6.07 Å². The molecule has 22 heavy (non-hydrogen) atoms. The molecule has 5 nitrogen and oxygen atoms in total. The Kier molecular flexibility index (Phi) is 3.01. The van der Waals surface area contributed by atoms with E-state index in [0.29, 0.717) is 11.6 Å². The molecule has 3 heterocycles. The lowest BCUT2D eigenvalue weighted by molar-refractivity contribution is 0.495. The molecule has 1 saturated heterocycles. The van der Waals surface area contributed by atoms with Gasteiger partial charge in [-0.05, 0) is 18.6 Å². The van der Waals surface area contributed by atoms with Gasteiger partial charge in [-0.25, -0.2) is 0 Å². The van der Waals surface area contributed by atoms with Crippen LogP contribution in [0.25, 0.3) is 10.9 Å². The van der Waals surface area contributed by atoms with Crippen molar-refractivity contribution in [2.45, 2.75) is 12.5 Å². The second-order valence-corrected chi connectivity index (χ2v) is 5.56. The fraction of sp³-hybridized carbons (Fsp3) is 0.235. The fourth-order valence-electron chi connectivity index (χ4n) is 3.13. The summed E-state index contributed by atoms with van der Waals surface area (Å²) in [6, 6.07) is 12.7. The smallest absolute Gasteiger partial charge is 0.102 e. The van der Waals surface area contributed by atoms with Gasteiger partial charge in [0, 0.05) is 36.6 Å². The fourth-order valence-corrected chi connectivity index (χ4v) is 3.13. The highest BCUT2D eigenvalue weighted by Crippen LogP contribution is 2.31. The van der Waals surface area contributed by atoms with Gasteiger partial charge in [-0.1, -0.05) is 18.2 Å². The third kappa shape index (κ3) is 2.09. The Morgan fingerprint density at radius 3 is 3.00 bits per heavy atom. The number of nitriles is 1. The van der Waals surface area contributed by atoms with Gasteiger partial charge in [0.15, 0.2) is 0 Å². The van der Waals surface area contributed by atoms with Crippen LogP contribution in [0.15, 0.2) is 48.9 Å². The molecule has 3 aromatic rings. The minimum atomic E-state index is 0.314. The molecule has 0 bridgehead atoms. The molecule has 1 aliphatic heterocycles. The lowest BCUT2D eigenvalue weighted by Crippen LogP contribution is -2.21. The van der Waals surface area contributed by atoms with E-state index in [1.54, 1.807) is 6.20 Å². The highest BCUT2D eigenvalue weighted by Gasteiger charge is 2.25. The van der Waals surface area contributed by atoms with E-state index in [1.165, 1.54) is 11.1 Å². The van der Waals surface area contributed by atoms with Crippen LogP contribution in [0.2, 0.25) is 0 Å². The van der Waals surface area contributed by atoms with Crippen molar-refractivity contribution in [2.75, 3.05) is 18.0 Å². The SMILES string of the molecule is N#Cc1cnn(C2CCN(c3ccnc4ccccc34)C2)c1. The molecule has 0 aliphatic carbocycles. The predicted molar refractivity (Wildman–Crippen MR) is 84.6 cm³/mol. The first-order valence-electron chi connectivity index (χ1n) is 7.38. The van der Waals surface area contributed by atoms with Crippen LogP contribution in [0.3, 0.4) is 0 Å². The zero-order chi connectivity index (χ0) is 14.9. The molecule has 0 N–H and O–H groups in total. The number of benzene rings is 1. The monoisotopic (exact) mass is 289 g/mol. The number of para-hydroxylation sites is 1. The van der Waals surface area contributed by atoms with E-state index in [-0.39, 0.29) is 0 Å². The van der Waals surface area contributed by atoms with Crippen LogP contribution in [0.1, 0.15) is 18.0 Å². The van der Waals surface area contributed by atoms with Crippen molar-refractivity contribution in [3.8, 4) is 6.07 Å². The molecule has 108 valence electrons. The molecular weight excluding hydrogens is 274 g/mol. The Morgan fingerprint density at radius 2 is 2.14 bits per heavy atom. The Hall–Kier alpha value is -2.87. The van der Waals surface area contributed by atoms with Crippen molar-refractivity contribution >= 4 is 16.6 Å². The van der Waals surface area contributed by atoms with E-state index >= 15 is 0 Å². The van der Waals surface area contributed by atoms with E-state index in [0.717, 1.165) is 25.0 Å². The number of pyridine rings is 1. The molecule has 1 atom stereocenters. The number of nitrogens with zero attached hydrogens (tertiary/aromatic N) is 5. The maximum atomic E-state index is 8.92. The van der Waals surface area contributed by atoms with Gasteiger partial charge in [0.25, 0.3) is 0 Å². The van der Waals surface area contributed by atoms with Crippen molar-refractivity contribution in [3.63, 3.8) is 0 Å². The highest BCUT2D eigenvalue weighted by molar-refractivity contribution is 5.91. The standard InChI is InChI=1S/C17H15N5/c18-9-13-10-20-22(11-13)14-6-8-21(12-14)17-5-7-19-16-4-2-1-3-15(16)17/h1-5,7,10-11,14H,6,8,12H2. The van der Waals surface area contributed by atoms with Crippen LogP contribution in [0, 0.1) is 11.3 Å². The third-order valence-corrected chi connectivity index (χ3v) is 4.23. The lowest BCUT2D eigenvalue weighted by Gasteiger charge is -2.20. The predicted octanol–water partition coefficient (Wildman–Crippen LogP) is 2.75. The summed E-state index contributed by atoms with van der Waals surface area (Å²) in [6.45, 7) is 1.89. The van der Waals surface area contributed by atoms with Crippen LogP contribution >= 0.6 is 0 Å². The van der Waals surface area contributed by atoms with E-state index in [1.807, 2.05) is 35.3 Å². The van der Waals surface area contributed by atoms with E-state index in [4.69, 9.17) is 5.26 Å². The maximum Gasteiger partial charge on any atom is 0.102 e. The molecule has 0 spiro atoms. The number of hydrogen-bond donors (Lipinski definition) is 0. The summed E-state index contributed by atoms with van der Waals surface area (Å²) in [4.78, 5) is 6.80. The molecule has 0 amide bonds. The summed E-state index contributed by atoms with van der Waals surface area (Å²) in [5, 5.41) is 14.4. The number of hydrogen-bond acceptors (Lipinski definition) is 4. The molecule has 1 aliphatic rings. The van der Waals surface area contributed by atoms with Gasteiger partial charge in [-0.2, -0.15) is 10.4 Å². The maximum absolute atomic E-state index is 8.92. The van der Waals surface area contributed by atoms with Crippen LogP contribution in [-0.4, -0.2) is 27.9 Å². The van der Waals surface area contributed by atoms with Crippen molar-refractivity contribution < 1.29 is 0 Å². The van der Waals surface area contributed by atoms with Gasteiger partial charge in [-0.15, -0.1) is 0 Å². The molecule has 1 unspecified atom stereocenters. The Labute approximate surface area is 128 Å². The summed E-state index contributed by atoms with van der Waals surface area (Å²) in [7, 11) is 0. The summed E-state index contributed by atoms with van der Waals surface area (Å²) >= 11 is 0. The van der Waals surface area contributed by atoms with Crippen molar-refractivity contribution in [3.05, 3.63) is 54.5 Å². The molecule has 0 radical (unpaired) electrons. The zero-order valence-corrected chi connectivity index (χ0v) is 12.1. The summed E-state index contributed by atoms with van der Waals surface area (Å²) in [6.07, 6.45) is 6.36. The normalized spacial score (nSPS) is 17.8. The molecule has 1 aromatic carbocycles. The van der Waals surface area contributed by atoms with Gasteiger partial charge in [-0.3, -0.25) is 9.67 Å². The zero-order valence-electron chi connectivity index (χ0n) is 12.1. The van der Waals surface area contributed by atoms with Crippen molar-refractivity contribution in [2.24, 2.45) is 0 Å². The number of rotatable bonds is 2. The molecule has 1 fully saturated rings.